The maximum atomic E-state index is 11.0. The Morgan fingerprint density at radius 2 is 2.45 bits per heavy atom. The van der Waals surface area contributed by atoms with Crippen LogP contribution < -0.4 is 0 Å². The van der Waals surface area contributed by atoms with E-state index in [-0.39, 0.29) is 5.91 Å². The van der Waals surface area contributed by atoms with Gasteiger partial charge in [0.25, 0.3) is 0 Å². The van der Waals surface area contributed by atoms with Gasteiger partial charge < -0.3 is 4.90 Å². The van der Waals surface area contributed by atoms with Crippen molar-refractivity contribution in [1.29, 1.82) is 0 Å². The molecule has 2 heteroatoms. The van der Waals surface area contributed by atoms with Crippen molar-refractivity contribution in [2.24, 2.45) is 5.92 Å². The lowest BCUT2D eigenvalue weighted by Crippen LogP contribution is -2.35. The second-order valence-corrected chi connectivity index (χ2v) is 3.02. The molecular formula is C9H15NO. The molecule has 0 aromatic carbocycles. The van der Waals surface area contributed by atoms with Gasteiger partial charge in [0.2, 0.25) is 5.91 Å². The smallest absolute Gasteiger partial charge is 0.219 e. The molecule has 0 unspecified atom stereocenters. The van der Waals surface area contributed by atoms with Crippen molar-refractivity contribution in [2.75, 3.05) is 13.1 Å². The normalized spacial score (nSPS) is 23.8. The third kappa shape index (κ3) is 2.07. The van der Waals surface area contributed by atoms with Crippen LogP contribution in [0.3, 0.4) is 0 Å². The standard InChI is InChI=1S/C9H15NO/c1-3-9-5-4-6-10(7-9)8(2)11/h4-5,9H,3,6-7H2,1-2H3/t9-/m0/s1. The Hall–Kier alpha value is -0.790. The van der Waals surface area contributed by atoms with E-state index in [9.17, 15) is 4.79 Å². The summed E-state index contributed by atoms with van der Waals surface area (Å²) >= 11 is 0. The van der Waals surface area contributed by atoms with E-state index in [1.54, 1.807) is 6.92 Å². The maximum Gasteiger partial charge on any atom is 0.219 e. The number of amides is 1. The van der Waals surface area contributed by atoms with Crippen LogP contribution in [0.25, 0.3) is 0 Å². The molecule has 1 amide bonds. The molecule has 0 saturated heterocycles. The lowest BCUT2D eigenvalue weighted by molar-refractivity contribution is -0.129. The lowest BCUT2D eigenvalue weighted by Gasteiger charge is -2.27. The molecule has 2 nitrogen and oxygen atoms in total. The highest BCUT2D eigenvalue weighted by molar-refractivity contribution is 5.73. The van der Waals surface area contributed by atoms with Crippen LogP contribution in [0.5, 0.6) is 0 Å². The summed E-state index contributed by atoms with van der Waals surface area (Å²) in [5.41, 5.74) is 0. The van der Waals surface area contributed by atoms with Crippen LogP contribution in [-0.4, -0.2) is 23.9 Å². The van der Waals surface area contributed by atoms with Crippen molar-refractivity contribution < 1.29 is 4.79 Å². The topological polar surface area (TPSA) is 20.3 Å². The van der Waals surface area contributed by atoms with Gasteiger partial charge in [-0.15, -0.1) is 0 Å². The monoisotopic (exact) mass is 153 g/mol. The minimum absolute atomic E-state index is 0.188. The first-order chi connectivity index (χ1) is 5.24. The summed E-state index contributed by atoms with van der Waals surface area (Å²) in [7, 11) is 0. The van der Waals surface area contributed by atoms with Crippen molar-refractivity contribution in [3.05, 3.63) is 12.2 Å². The summed E-state index contributed by atoms with van der Waals surface area (Å²) < 4.78 is 0. The molecule has 11 heavy (non-hydrogen) atoms. The van der Waals surface area contributed by atoms with Gasteiger partial charge in [-0.2, -0.15) is 0 Å². The molecule has 0 spiro atoms. The van der Waals surface area contributed by atoms with Crippen molar-refractivity contribution >= 4 is 5.91 Å². The molecule has 0 aromatic rings. The first-order valence-electron chi connectivity index (χ1n) is 4.16. The van der Waals surface area contributed by atoms with E-state index in [1.165, 1.54) is 0 Å². The SMILES string of the molecule is CC[C@H]1C=CCN(C(C)=O)C1. The Morgan fingerprint density at radius 1 is 1.73 bits per heavy atom. The Balaban J connectivity index is 2.51. The van der Waals surface area contributed by atoms with Gasteiger partial charge >= 0.3 is 0 Å². The summed E-state index contributed by atoms with van der Waals surface area (Å²) in [6.45, 7) is 5.48. The molecule has 0 saturated carbocycles. The average Bonchev–Trinajstić information content (AvgIpc) is 2.05. The van der Waals surface area contributed by atoms with E-state index >= 15 is 0 Å². The third-order valence-electron chi connectivity index (χ3n) is 2.16. The molecule has 0 aromatic heterocycles. The average molecular weight is 153 g/mol. The van der Waals surface area contributed by atoms with E-state index in [0.29, 0.717) is 5.92 Å². The largest absolute Gasteiger partial charge is 0.339 e. The summed E-state index contributed by atoms with van der Waals surface area (Å²) in [5.74, 6) is 0.764. The molecule has 0 radical (unpaired) electrons. The zero-order valence-electron chi connectivity index (χ0n) is 7.21. The van der Waals surface area contributed by atoms with Gasteiger partial charge in [0.05, 0.1) is 0 Å². The molecule has 0 N–H and O–H groups in total. The number of carbonyl (C=O) groups is 1. The molecule has 0 bridgehead atoms. The van der Waals surface area contributed by atoms with E-state index < -0.39 is 0 Å². The molecule has 1 aliphatic rings. The molecule has 1 heterocycles. The van der Waals surface area contributed by atoms with Crippen molar-refractivity contribution in [1.82, 2.24) is 4.90 Å². The van der Waals surface area contributed by atoms with Crippen molar-refractivity contribution in [2.45, 2.75) is 20.3 Å². The van der Waals surface area contributed by atoms with Crippen LogP contribution in [0.4, 0.5) is 0 Å². The minimum Gasteiger partial charge on any atom is -0.339 e. The zero-order chi connectivity index (χ0) is 8.27. The highest BCUT2D eigenvalue weighted by Gasteiger charge is 2.14. The van der Waals surface area contributed by atoms with Crippen molar-refractivity contribution in [3.8, 4) is 0 Å². The molecule has 1 atom stereocenters. The van der Waals surface area contributed by atoms with E-state index in [2.05, 4.69) is 19.1 Å². The predicted octanol–water partition coefficient (Wildman–Crippen LogP) is 1.43. The number of hydrogen-bond donors (Lipinski definition) is 0. The van der Waals surface area contributed by atoms with Gasteiger partial charge in [0, 0.05) is 20.0 Å². The van der Waals surface area contributed by atoms with Gasteiger partial charge in [-0.05, 0) is 12.3 Å². The van der Waals surface area contributed by atoms with Gasteiger partial charge in [0.15, 0.2) is 0 Å². The summed E-state index contributed by atoms with van der Waals surface area (Å²) in [6.07, 6.45) is 5.42. The number of nitrogens with zero attached hydrogens (tertiary/aromatic N) is 1. The van der Waals surface area contributed by atoms with Gasteiger partial charge in [-0.1, -0.05) is 19.1 Å². The van der Waals surface area contributed by atoms with Crippen LogP contribution in [0, 0.1) is 5.92 Å². The lowest BCUT2D eigenvalue weighted by atomic mass is 10.0. The number of rotatable bonds is 1. The first-order valence-corrected chi connectivity index (χ1v) is 4.16. The second kappa shape index (κ2) is 3.56. The highest BCUT2D eigenvalue weighted by Crippen LogP contribution is 2.12. The minimum atomic E-state index is 0.188. The quantitative estimate of drug-likeness (QED) is 0.522. The van der Waals surface area contributed by atoms with Crippen LogP contribution in [0.15, 0.2) is 12.2 Å². The number of carbonyl (C=O) groups excluding carboxylic acids is 1. The number of hydrogen-bond acceptors (Lipinski definition) is 1. The van der Waals surface area contributed by atoms with E-state index in [4.69, 9.17) is 0 Å². The molecule has 1 aliphatic heterocycles. The fourth-order valence-corrected chi connectivity index (χ4v) is 1.32. The molecule has 62 valence electrons. The van der Waals surface area contributed by atoms with E-state index in [0.717, 1.165) is 19.5 Å². The fraction of sp³-hybridized carbons (Fsp3) is 0.667. The molecular weight excluding hydrogens is 138 g/mol. The first kappa shape index (κ1) is 8.31. The highest BCUT2D eigenvalue weighted by atomic mass is 16.2. The van der Waals surface area contributed by atoms with Crippen LogP contribution in [-0.2, 0) is 4.79 Å². The molecule has 0 aliphatic carbocycles. The second-order valence-electron chi connectivity index (χ2n) is 3.02. The summed E-state index contributed by atoms with van der Waals surface area (Å²) in [5, 5.41) is 0. The third-order valence-corrected chi connectivity index (χ3v) is 2.16. The predicted molar refractivity (Wildman–Crippen MR) is 45.2 cm³/mol. The molecule has 1 rings (SSSR count). The Bertz CT molecular complexity index is 174. The van der Waals surface area contributed by atoms with Crippen LogP contribution >= 0.6 is 0 Å². The van der Waals surface area contributed by atoms with Crippen LogP contribution in [0.2, 0.25) is 0 Å². The maximum absolute atomic E-state index is 11.0. The van der Waals surface area contributed by atoms with Gasteiger partial charge in [-0.25, -0.2) is 0 Å². The van der Waals surface area contributed by atoms with E-state index in [1.807, 2.05) is 4.90 Å². The Morgan fingerprint density at radius 3 is 3.00 bits per heavy atom. The van der Waals surface area contributed by atoms with Gasteiger partial charge in [0.1, 0.15) is 0 Å². The van der Waals surface area contributed by atoms with Gasteiger partial charge in [-0.3, -0.25) is 4.79 Å². The zero-order valence-corrected chi connectivity index (χ0v) is 7.21. The van der Waals surface area contributed by atoms with Crippen molar-refractivity contribution in [3.63, 3.8) is 0 Å². The summed E-state index contributed by atoms with van der Waals surface area (Å²) in [6, 6.07) is 0. The summed E-state index contributed by atoms with van der Waals surface area (Å²) in [4.78, 5) is 12.8. The Labute approximate surface area is 67.9 Å². The Kier molecular flexibility index (Phi) is 2.69. The fourth-order valence-electron chi connectivity index (χ4n) is 1.32. The molecule has 0 fully saturated rings. The van der Waals surface area contributed by atoms with Crippen LogP contribution in [0.1, 0.15) is 20.3 Å².